The lowest BCUT2D eigenvalue weighted by Crippen LogP contribution is -2.38. The fraction of sp³-hybridized carbons (Fsp3) is 0.350. The Bertz CT molecular complexity index is 915. The maximum absolute atomic E-state index is 13.0. The highest BCUT2D eigenvalue weighted by molar-refractivity contribution is 7.22. The number of hydrogen-bond donors (Lipinski definition) is 0. The second-order valence-electron chi connectivity index (χ2n) is 6.80. The molecule has 1 saturated carbocycles. The average molecular weight is 351 g/mol. The van der Waals surface area contributed by atoms with Gasteiger partial charge in [-0.05, 0) is 56.0 Å². The van der Waals surface area contributed by atoms with E-state index in [1.807, 2.05) is 23.1 Å². The summed E-state index contributed by atoms with van der Waals surface area (Å²) in [7, 11) is 0. The van der Waals surface area contributed by atoms with Crippen molar-refractivity contribution in [2.75, 3.05) is 4.90 Å². The number of benzene rings is 1. The van der Waals surface area contributed by atoms with Crippen LogP contribution in [0.5, 0.6) is 0 Å². The Morgan fingerprint density at radius 3 is 2.80 bits per heavy atom. The molecule has 3 aromatic rings. The molecule has 128 valence electrons. The number of amides is 1. The van der Waals surface area contributed by atoms with E-state index in [1.165, 1.54) is 11.1 Å². The summed E-state index contributed by atoms with van der Waals surface area (Å²) in [4.78, 5) is 24.0. The van der Waals surface area contributed by atoms with Gasteiger partial charge >= 0.3 is 0 Å². The third kappa shape index (κ3) is 3.16. The second-order valence-corrected chi connectivity index (χ2v) is 7.78. The van der Waals surface area contributed by atoms with Crippen LogP contribution in [0.3, 0.4) is 0 Å². The summed E-state index contributed by atoms with van der Waals surface area (Å²) < 4.78 is 1.16. The van der Waals surface area contributed by atoms with E-state index in [-0.39, 0.29) is 11.8 Å². The van der Waals surface area contributed by atoms with Crippen LogP contribution in [0.15, 0.2) is 36.5 Å². The highest BCUT2D eigenvalue weighted by atomic mass is 32.1. The lowest BCUT2D eigenvalue weighted by molar-refractivity contribution is -0.124. The van der Waals surface area contributed by atoms with Crippen molar-refractivity contribution in [3.63, 3.8) is 0 Å². The highest BCUT2D eigenvalue weighted by Crippen LogP contribution is 2.36. The molecule has 4 rings (SSSR count). The minimum absolute atomic E-state index is 0.138. The first-order valence-electron chi connectivity index (χ1n) is 8.71. The predicted octanol–water partition coefficient (Wildman–Crippen LogP) is 4.64. The van der Waals surface area contributed by atoms with E-state index >= 15 is 0 Å². The van der Waals surface area contributed by atoms with Crippen molar-refractivity contribution in [2.24, 2.45) is 5.92 Å². The van der Waals surface area contributed by atoms with E-state index < -0.39 is 0 Å². The van der Waals surface area contributed by atoms with Gasteiger partial charge in [-0.3, -0.25) is 14.7 Å². The van der Waals surface area contributed by atoms with E-state index in [0.717, 1.165) is 40.3 Å². The fourth-order valence-corrected chi connectivity index (χ4v) is 4.27. The molecule has 0 spiro atoms. The number of aromatic nitrogens is 2. The zero-order valence-corrected chi connectivity index (χ0v) is 15.3. The van der Waals surface area contributed by atoms with Gasteiger partial charge in [-0.1, -0.05) is 29.9 Å². The normalized spacial score (nSPS) is 14.5. The SMILES string of the molecule is Cc1cc(C)c2sc(N(Cc3ccccn3)C(=O)C3CCC3)nc2c1. The van der Waals surface area contributed by atoms with Crippen LogP contribution in [0.4, 0.5) is 5.13 Å². The highest BCUT2D eigenvalue weighted by Gasteiger charge is 2.32. The summed E-state index contributed by atoms with van der Waals surface area (Å²) in [5, 5.41) is 0.784. The van der Waals surface area contributed by atoms with Gasteiger partial charge in [0.15, 0.2) is 5.13 Å². The van der Waals surface area contributed by atoms with Crippen LogP contribution >= 0.6 is 11.3 Å². The Kier molecular flexibility index (Phi) is 4.25. The Morgan fingerprint density at radius 1 is 1.28 bits per heavy atom. The van der Waals surface area contributed by atoms with Gasteiger partial charge in [-0.25, -0.2) is 4.98 Å². The van der Waals surface area contributed by atoms with Gasteiger partial charge in [0.05, 0.1) is 22.5 Å². The van der Waals surface area contributed by atoms with Crippen molar-refractivity contribution in [3.8, 4) is 0 Å². The molecule has 0 N–H and O–H groups in total. The molecule has 0 aliphatic heterocycles. The third-order valence-corrected chi connectivity index (χ3v) is 6.04. The maximum atomic E-state index is 13.0. The van der Waals surface area contributed by atoms with Crippen LogP contribution in [0, 0.1) is 19.8 Å². The molecule has 1 amide bonds. The summed E-state index contributed by atoms with van der Waals surface area (Å²) in [6.45, 7) is 4.67. The van der Waals surface area contributed by atoms with Crippen LogP contribution in [0.2, 0.25) is 0 Å². The van der Waals surface area contributed by atoms with E-state index in [1.54, 1.807) is 17.5 Å². The lowest BCUT2D eigenvalue weighted by atomic mass is 9.84. The molecule has 1 aliphatic carbocycles. The van der Waals surface area contributed by atoms with E-state index in [4.69, 9.17) is 4.98 Å². The zero-order chi connectivity index (χ0) is 17.4. The monoisotopic (exact) mass is 351 g/mol. The van der Waals surface area contributed by atoms with Gasteiger partial charge in [0, 0.05) is 12.1 Å². The third-order valence-electron chi connectivity index (χ3n) is 4.81. The van der Waals surface area contributed by atoms with Crippen molar-refractivity contribution in [2.45, 2.75) is 39.7 Å². The molecule has 1 aliphatic rings. The molecule has 2 heterocycles. The van der Waals surface area contributed by atoms with Gasteiger partial charge in [-0.2, -0.15) is 0 Å². The summed E-state index contributed by atoms with van der Waals surface area (Å²) in [5.41, 5.74) is 4.28. The van der Waals surface area contributed by atoms with Gasteiger partial charge in [0.25, 0.3) is 0 Å². The van der Waals surface area contributed by atoms with Gasteiger partial charge < -0.3 is 0 Å². The van der Waals surface area contributed by atoms with E-state index in [0.29, 0.717) is 6.54 Å². The van der Waals surface area contributed by atoms with Crippen molar-refractivity contribution in [3.05, 3.63) is 53.3 Å². The predicted molar refractivity (Wildman–Crippen MR) is 102 cm³/mol. The molecule has 0 radical (unpaired) electrons. The standard InChI is InChI=1S/C20H21N3OS/c1-13-10-14(2)18-17(11-13)22-20(25-18)23(19(24)15-6-5-7-15)12-16-8-3-4-9-21-16/h3-4,8-11,15H,5-7,12H2,1-2H3. The van der Waals surface area contributed by atoms with Gasteiger partial charge in [0.1, 0.15) is 0 Å². The number of rotatable bonds is 4. The van der Waals surface area contributed by atoms with Crippen LogP contribution in [-0.4, -0.2) is 15.9 Å². The lowest BCUT2D eigenvalue weighted by Gasteiger charge is -2.30. The van der Waals surface area contributed by atoms with Crippen LogP contribution in [0.25, 0.3) is 10.2 Å². The first-order chi connectivity index (χ1) is 12.1. The quantitative estimate of drug-likeness (QED) is 0.688. The topological polar surface area (TPSA) is 46.1 Å². The fourth-order valence-electron chi connectivity index (χ4n) is 3.25. The molecule has 1 aromatic carbocycles. The molecular weight excluding hydrogens is 330 g/mol. The molecule has 4 nitrogen and oxygen atoms in total. The summed E-state index contributed by atoms with van der Waals surface area (Å²) in [5.74, 6) is 0.323. The minimum atomic E-state index is 0.138. The second kappa shape index (κ2) is 6.56. The van der Waals surface area contributed by atoms with Crippen LogP contribution in [0.1, 0.15) is 36.1 Å². The Hall–Kier alpha value is -2.27. The van der Waals surface area contributed by atoms with Crippen LogP contribution < -0.4 is 4.90 Å². The van der Waals surface area contributed by atoms with Crippen molar-refractivity contribution < 1.29 is 4.79 Å². The van der Waals surface area contributed by atoms with E-state index in [2.05, 4.69) is 31.0 Å². The molecule has 2 aromatic heterocycles. The van der Waals surface area contributed by atoms with Crippen molar-refractivity contribution in [1.82, 2.24) is 9.97 Å². The molecular formula is C20H21N3OS. The first-order valence-corrected chi connectivity index (χ1v) is 9.52. The van der Waals surface area contributed by atoms with Crippen molar-refractivity contribution >= 4 is 32.6 Å². The number of aryl methyl sites for hydroxylation is 2. The molecule has 5 heteroatoms. The summed E-state index contributed by atoms with van der Waals surface area (Å²) >= 11 is 1.61. The van der Waals surface area contributed by atoms with Gasteiger partial charge in [-0.15, -0.1) is 0 Å². The molecule has 0 unspecified atom stereocenters. The number of anilines is 1. The number of carbonyl (C=O) groups is 1. The Labute approximate surface area is 151 Å². The molecule has 0 atom stereocenters. The summed E-state index contributed by atoms with van der Waals surface area (Å²) in [6.07, 6.45) is 4.89. The summed E-state index contributed by atoms with van der Waals surface area (Å²) in [6, 6.07) is 10.1. The maximum Gasteiger partial charge on any atom is 0.232 e. The molecule has 0 saturated heterocycles. The Balaban J connectivity index is 1.74. The number of carbonyl (C=O) groups excluding carboxylic acids is 1. The first kappa shape index (κ1) is 16.2. The van der Waals surface area contributed by atoms with Gasteiger partial charge in [0.2, 0.25) is 5.91 Å². The molecule has 0 bridgehead atoms. The molecule has 1 fully saturated rings. The average Bonchev–Trinajstić information content (AvgIpc) is 2.95. The number of thiazole rings is 1. The number of pyridine rings is 1. The number of fused-ring (bicyclic) bond motifs is 1. The largest absolute Gasteiger partial charge is 0.282 e. The zero-order valence-electron chi connectivity index (χ0n) is 14.5. The number of nitrogens with zero attached hydrogens (tertiary/aromatic N) is 3. The Morgan fingerprint density at radius 2 is 2.12 bits per heavy atom. The van der Waals surface area contributed by atoms with Crippen LogP contribution in [-0.2, 0) is 11.3 Å². The van der Waals surface area contributed by atoms with Crippen molar-refractivity contribution in [1.29, 1.82) is 0 Å². The van der Waals surface area contributed by atoms with E-state index in [9.17, 15) is 4.79 Å². The minimum Gasteiger partial charge on any atom is -0.282 e. The number of hydrogen-bond acceptors (Lipinski definition) is 4. The smallest absolute Gasteiger partial charge is 0.232 e. The molecule has 25 heavy (non-hydrogen) atoms.